The summed E-state index contributed by atoms with van der Waals surface area (Å²) in [6.07, 6.45) is 0. The second-order valence-electron chi connectivity index (χ2n) is 4.67. The normalized spacial score (nSPS) is 10.7. The molecule has 0 aliphatic carbocycles. The number of furan rings is 1. The Balaban J connectivity index is 1.74. The van der Waals surface area contributed by atoms with Gasteiger partial charge in [-0.3, -0.25) is 0 Å². The van der Waals surface area contributed by atoms with Gasteiger partial charge in [0.1, 0.15) is 29.4 Å². The molecule has 20 heavy (non-hydrogen) atoms. The zero-order valence-electron chi connectivity index (χ0n) is 11.6. The van der Waals surface area contributed by atoms with Crippen LogP contribution in [0.3, 0.4) is 0 Å². The molecular formula is C17H16O3. The Morgan fingerprint density at radius 2 is 1.75 bits per heavy atom. The number of para-hydroxylation sites is 1. The number of aryl methyl sites for hydroxylation is 1. The molecule has 3 aromatic rings. The van der Waals surface area contributed by atoms with Gasteiger partial charge in [-0.2, -0.15) is 0 Å². The lowest BCUT2D eigenvalue weighted by molar-refractivity contribution is 0.274. The molecule has 1 aromatic heterocycles. The van der Waals surface area contributed by atoms with Crippen molar-refractivity contribution in [1.29, 1.82) is 0 Å². The number of fused-ring (bicyclic) bond motifs is 1. The molecule has 0 bridgehead atoms. The Morgan fingerprint density at radius 3 is 2.45 bits per heavy atom. The third-order valence-corrected chi connectivity index (χ3v) is 3.23. The summed E-state index contributed by atoms with van der Waals surface area (Å²) in [6, 6.07) is 15.6. The average Bonchev–Trinajstić information content (AvgIpc) is 2.90. The van der Waals surface area contributed by atoms with Crippen LogP contribution in [0, 0.1) is 6.92 Å². The Bertz CT molecular complexity index is 711. The fraction of sp³-hybridized carbons (Fsp3) is 0.176. The van der Waals surface area contributed by atoms with Crippen molar-refractivity contribution in [2.24, 2.45) is 0 Å². The van der Waals surface area contributed by atoms with Crippen LogP contribution < -0.4 is 9.47 Å². The van der Waals surface area contributed by atoms with Crippen LogP contribution in [-0.4, -0.2) is 7.11 Å². The van der Waals surface area contributed by atoms with Crippen LogP contribution in [0.5, 0.6) is 11.5 Å². The molecule has 3 rings (SSSR count). The van der Waals surface area contributed by atoms with Gasteiger partial charge in [0.05, 0.1) is 7.11 Å². The molecule has 0 fully saturated rings. The zero-order valence-corrected chi connectivity index (χ0v) is 11.6. The number of hydrogen-bond acceptors (Lipinski definition) is 3. The third-order valence-electron chi connectivity index (χ3n) is 3.23. The van der Waals surface area contributed by atoms with E-state index < -0.39 is 0 Å². The van der Waals surface area contributed by atoms with E-state index in [4.69, 9.17) is 13.9 Å². The van der Waals surface area contributed by atoms with Crippen molar-refractivity contribution in [2.45, 2.75) is 13.5 Å². The van der Waals surface area contributed by atoms with Crippen LogP contribution in [0.4, 0.5) is 0 Å². The first-order valence-electron chi connectivity index (χ1n) is 6.51. The lowest BCUT2D eigenvalue weighted by Gasteiger charge is -2.05. The zero-order chi connectivity index (χ0) is 13.9. The predicted octanol–water partition coefficient (Wildman–Crippen LogP) is 4.33. The Hall–Kier alpha value is -2.42. The Labute approximate surface area is 117 Å². The Kier molecular flexibility index (Phi) is 3.33. The third kappa shape index (κ3) is 2.48. The number of ether oxygens (including phenoxy) is 2. The first-order chi connectivity index (χ1) is 9.76. The van der Waals surface area contributed by atoms with Crippen molar-refractivity contribution in [3.05, 3.63) is 59.9 Å². The molecule has 0 radical (unpaired) electrons. The lowest BCUT2D eigenvalue weighted by Crippen LogP contribution is -1.93. The van der Waals surface area contributed by atoms with Gasteiger partial charge in [-0.1, -0.05) is 18.2 Å². The summed E-state index contributed by atoms with van der Waals surface area (Å²) < 4.78 is 16.6. The van der Waals surface area contributed by atoms with Gasteiger partial charge in [0, 0.05) is 5.39 Å². The first-order valence-corrected chi connectivity index (χ1v) is 6.51. The van der Waals surface area contributed by atoms with Gasteiger partial charge < -0.3 is 13.9 Å². The number of benzene rings is 2. The summed E-state index contributed by atoms with van der Waals surface area (Å²) >= 11 is 0. The summed E-state index contributed by atoms with van der Waals surface area (Å²) in [5, 5.41) is 1.11. The molecule has 1 heterocycles. The SMILES string of the molecule is COc1ccc(OCc2cc3cccc(C)c3o2)cc1. The smallest absolute Gasteiger partial charge is 0.146 e. The molecule has 0 N–H and O–H groups in total. The van der Waals surface area contributed by atoms with E-state index in [2.05, 4.69) is 0 Å². The molecule has 3 heteroatoms. The molecule has 3 nitrogen and oxygen atoms in total. The molecule has 102 valence electrons. The standard InChI is InChI=1S/C17H16O3/c1-12-4-3-5-13-10-16(20-17(12)13)11-19-15-8-6-14(18-2)7-9-15/h3-10H,11H2,1-2H3. The second kappa shape index (κ2) is 5.29. The number of hydrogen-bond donors (Lipinski definition) is 0. The van der Waals surface area contributed by atoms with E-state index in [1.54, 1.807) is 7.11 Å². The molecule has 0 aliphatic heterocycles. The minimum absolute atomic E-state index is 0.417. The minimum Gasteiger partial charge on any atom is -0.497 e. The highest BCUT2D eigenvalue weighted by atomic mass is 16.5. The van der Waals surface area contributed by atoms with Crippen molar-refractivity contribution in [3.8, 4) is 11.5 Å². The molecule has 0 saturated carbocycles. The van der Waals surface area contributed by atoms with Crippen molar-refractivity contribution >= 4 is 11.0 Å². The average molecular weight is 268 g/mol. The molecule has 0 amide bonds. The highest BCUT2D eigenvalue weighted by Crippen LogP contribution is 2.24. The predicted molar refractivity (Wildman–Crippen MR) is 78.3 cm³/mol. The molecule has 0 aliphatic rings. The molecule has 0 spiro atoms. The van der Waals surface area contributed by atoms with Crippen LogP contribution in [0.25, 0.3) is 11.0 Å². The van der Waals surface area contributed by atoms with E-state index in [0.29, 0.717) is 6.61 Å². The summed E-state index contributed by atoms with van der Waals surface area (Å²) in [5.74, 6) is 2.44. The van der Waals surface area contributed by atoms with E-state index in [1.807, 2.05) is 55.5 Å². The van der Waals surface area contributed by atoms with Crippen molar-refractivity contribution in [1.82, 2.24) is 0 Å². The van der Waals surface area contributed by atoms with Crippen LogP contribution in [-0.2, 0) is 6.61 Å². The summed E-state index contributed by atoms with van der Waals surface area (Å²) in [7, 11) is 1.65. The summed E-state index contributed by atoms with van der Waals surface area (Å²) in [5.41, 5.74) is 2.07. The van der Waals surface area contributed by atoms with Crippen molar-refractivity contribution in [2.75, 3.05) is 7.11 Å². The summed E-state index contributed by atoms with van der Waals surface area (Å²) in [6.45, 7) is 2.46. The van der Waals surface area contributed by atoms with Gasteiger partial charge in [0.15, 0.2) is 0 Å². The topological polar surface area (TPSA) is 31.6 Å². The monoisotopic (exact) mass is 268 g/mol. The van der Waals surface area contributed by atoms with Crippen molar-refractivity contribution in [3.63, 3.8) is 0 Å². The van der Waals surface area contributed by atoms with Gasteiger partial charge in [-0.05, 0) is 42.8 Å². The maximum Gasteiger partial charge on any atom is 0.146 e. The van der Waals surface area contributed by atoms with E-state index >= 15 is 0 Å². The van der Waals surface area contributed by atoms with Crippen LogP contribution in [0.1, 0.15) is 11.3 Å². The van der Waals surface area contributed by atoms with Crippen LogP contribution in [0.2, 0.25) is 0 Å². The maximum absolute atomic E-state index is 5.82. The van der Waals surface area contributed by atoms with Gasteiger partial charge in [0.2, 0.25) is 0 Å². The lowest BCUT2D eigenvalue weighted by atomic mass is 10.2. The van der Waals surface area contributed by atoms with Gasteiger partial charge in [-0.25, -0.2) is 0 Å². The molecule has 0 unspecified atom stereocenters. The maximum atomic E-state index is 5.82. The highest BCUT2D eigenvalue weighted by molar-refractivity contribution is 5.80. The highest BCUT2D eigenvalue weighted by Gasteiger charge is 2.06. The fourth-order valence-corrected chi connectivity index (χ4v) is 2.16. The summed E-state index contributed by atoms with van der Waals surface area (Å²) in [4.78, 5) is 0. The van der Waals surface area contributed by atoms with Gasteiger partial charge in [0.25, 0.3) is 0 Å². The quantitative estimate of drug-likeness (QED) is 0.705. The van der Waals surface area contributed by atoms with Gasteiger partial charge in [-0.15, -0.1) is 0 Å². The first kappa shape index (κ1) is 12.6. The van der Waals surface area contributed by atoms with E-state index in [0.717, 1.165) is 33.8 Å². The second-order valence-corrected chi connectivity index (χ2v) is 4.67. The van der Waals surface area contributed by atoms with E-state index in [-0.39, 0.29) is 0 Å². The van der Waals surface area contributed by atoms with Gasteiger partial charge >= 0.3 is 0 Å². The minimum atomic E-state index is 0.417. The van der Waals surface area contributed by atoms with Crippen molar-refractivity contribution < 1.29 is 13.9 Å². The largest absolute Gasteiger partial charge is 0.497 e. The molecule has 0 saturated heterocycles. The molecule has 0 atom stereocenters. The van der Waals surface area contributed by atoms with E-state index in [9.17, 15) is 0 Å². The van der Waals surface area contributed by atoms with E-state index in [1.165, 1.54) is 0 Å². The fourth-order valence-electron chi connectivity index (χ4n) is 2.16. The molecule has 2 aromatic carbocycles. The van der Waals surface area contributed by atoms with Crippen LogP contribution in [0.15, 0.2) is 52.9 Å². The Morgan fingerprint density at radius 1 is 1.00 bits per heavy atom. The van der Waals surface area contributed by atoms with Crippen LogP contribution >= 0.6 is 0 Å². The number of rotatable bonds is 4. The molecular weight excluding hydrogens is 252 g/mol. The number of methoxy groups -OCH3 is 1.